The van der Waals surface area contributed by atoms with Gasteiger partial charge in [-0.3, -0.25) is 4.79 Å². The fourth-order valence-electron chi connectivity index (χ4n) is 3.40. The number of carbonyl (C=O) groups excluding carboxylic acids is 1. The molecule has 0 aromatic rings. The third kappa shape index (κ3) is 2.45. The zero-order valence-corrected chi connectivity index (χ0v) is 11.2. The first-order valence-corrected chi connectivity index (χ1v) is 6.79. The lowest BCUT2D eigenvalue weighted by Gasteiger charge is -2.35. The lowest BCUT2D eigenvalue weighted by Crippen LogP contribution is -2.42. The predicted octanol–water partition coefficient (Wildman–Crippen LogP) is 1.81. The summed E-state index contributed by atoms with van der Waals surface area (Å²) in [4.78, 5) is 14.3. The van der Waals surface area contributed by atoms with Crippen molar-refractivity contribution in [1.29, 1.82) is 0 Å². The van der Waals surface area contributed by atoms with Crippen LogP contribution in [0, 0.1) is 11.3 Å². The molecule has 0 aromatic carbocycles. The monoisotopic (exact) mass is 258 g/mol. The van der Waals surface area contributed by atoms with E-state index in [9.17, 15) is 4.79 Å². The first-order valence-electron chi connectivity index (χ1n) is 6.79. The normalized spacial score (nSPS) is 27.6. The van der Waals surface area contributed by atoms with Crippen LogP contribution in [0.2, 0.25) is 0 Å². The minimum absolute atomic E-state index is 0. The maximum atomic E-state index is 12.2. The summed E-state index contributed by atoms with van der Waals surface area (Å²) < 4.78 is 0. The number of likely N-dealkylation sites (tertiary alicyclic amines) is 1. The van der Waals surface area contributed by atoms with Gasteiger partial charge in [0.1, 0.15) is 0 Å². The third-order valence-corrected chi connectivity index (χ3v) is 4.87. The van der Waals surface area contributed by atoms with E-state index in [-0.39, 0.29) is 12.4 Å². The van der Waals surface area contributed by atoms with E-state index in [0.29, 0.717) is 17.2 Å². The average molecular weight is 259 g/mol. The number of rotatable bonds is 1. The molecule has 3 rings (SSSR count). The smallest absolute Gasteiger partial charge is 0.225 e. The van der Waals surface area contributed by atoms with E-state index in [2.05, 4.69) is 10.2 Å². The molecular weight excluding hydrogens is 236 g/mol. The summed E-state index contributed by atoms with van der Waals surface area (Å²) in [5.74, 6) is 0.846. The van der Waals surface area contributed by atoms with Crippen molar-refractivity contribution in [2.24, 2.45) is 11.3 Å². The Morgan fingerprint density at radius 2 is 1.88 bits per heavy atom. The van der Waals surface area contributed by atoms with Crippen LogP contribution in [0.3, 0.4) is 0 Å². The van der Waals surface area contributed by atoms with Gasteiger partial charge in [-0.2, -0.15) is 0 Å². The summed E-state index contributed by atoms with van der Waals surface area (Å²) >= 11 is 0. The van der Waals surface area contributed by atoms with Gasteiger partial charge in [0.05, 0.1) is 0 Å². The van der Waals surface area contributed by atoms with Gasteiger partial charge in [0, 0.05) is 19.0 Å². The van der Waals surface area contributed by atoms with Gasteiger partial charge in [0.25, 0.3) is 0 Å². The number of carbonyl (C=O) groups is 1. The molecule has 1 saturated carbocycles. The molecule has 0 radical (unpaired) electrons. The molecule has 3 nitrogen and oxygen atoms in total. The van der Waals surface area contributed by atoms with Gasteiger partial charge in [0.2, 0.25) is 5.91 Å². The quantitative estimate of drug-likeness (QED) is 0.778. The highest BCUT2D eigenvalue weighted by molar-refractivity contribution is 5.85. The average Bonchev–Trinajstić information content (AvgIpc) is 2.61. The lowest BCUT2D eigenvalue weighted by molar-refractivity contribution is -0.137. The van der Waals surface area contributed by atoms with E-state index in [4.69, 9.17) is 0 Å². The number of nitrogens with zero attached hydrogens (tertiary/aromatic N) is 1. The molecule has 1 amide bonds. The summed E-state index contributed by atoms with van der Waals surface area (Å²) in [7, 11) is 0. The van der Waals surface area contributed by atoms with Crippen molar-refractivity contribution >= 4 is 18.3 Å². The van der Waals surface area contributed by atoms with Gasteiger partial charge >= 0.3 is 0 Å². The van der Waals surface area contributed by atoms with E-state index < -0.39 is 0 Å². The van der Waals surface area contributed by atoms with Crippen molar-refractivity contribution in [3.05, 3.63) is 0 Å². The van der Waals surface area contributed by atoms with Gasteiger partial charge in [-0.15, -0.1) is 12.4 Å². The molecule has 17 heavy (non-hydrogen) atoms. The Morgan fingerprint density at radius 3 is 2.47 bits per heavy atom. The SMILES string of the molecule is Cl.O=C(C1CCC1)N1CCC2(CCNCC2)C1. The van der Waals surface area contributed by atoms with Gasteiger partial charge in [-0.25, -0.2) is 0 Å². The summed E-state index contributed by atoms with van der Waals surface area (Å²) in [6.45, 7) is 4.36. The number of nitrogens with one attached hydrogen (secondary N) is 1. The molecule has 1 aliphatic carbocycles. The zero-order chi connectivity index (χ0) is 11.0. The van der Waals surface area contributed by atoms with Crippen molar-refractivity contribution < 1.29 is 4.79 Å². The molecule has 0 aromatic heterocycles. The van der Waals surface area contributed by atoms with E-state index in [1.54, 1.807) is 0 Å². The standard InChI is InChI=1S/C13H22N2O.ClH/c16-12(11-2-1-3-11)15-9-6-13(10-15)4-7-14-8-5-13;/h11,14H,1-10H2;1H. The second-order valence-electron chi connectivity index (χ2n) is 5.89. The van der Waals surface area contributed by atoms with Crippen LogP contribution in [-0.4, -0.2) is 37.0 Å². The van der Waals surface area contributed by atoms with E-state index in [1.807, 2.05) is 0 Å². The molecule has 2 aliphatic heterocycles. The van der Waals surface area contributed by atoms with Crippen LogP contribution in [0.4, 0.5) is 0 Å². The van der Waals surface area contributed by atoms with E-state index >= 15 is 0 Å². The number of hydrogen-bond donors (Lipinski definition) is 1. The molecule has 2 heterocycles. The first kappa shape index (κ1) is 13.2. The van der Waals surface area contributed by atoms with Crippen molar-refractivity contribution in [1.82, 2.24) is 10.2 Å². The molecule has 0 unspecified atom stereocenters. The Labute approximate surface area is 110 Å². The van der Waals surface area contributed by atoms with Crippen molar-refractivity contribution in [2.45, 2.75) is 38.5 Å². The number of piperidine rings is 1. The topological polar surface area (TPSA) is 32.3 Å². The second kappa shape index (κ2) is 5.15. The second-order valence-corrected chi connectivity index (χ2v) is 5.89. The van der Waals surface area contributed by atoms with Crippen molar-refractivity contribution in [3.8, 4) is 0 Å². The zero-order valence-electron chi connectivity index (χ0n) is 10.4. The van der Waals surface area contributed by atoms with Crippen molar-refractivity contribution in [2.75, 3.05) is 26.2 Å². The highest BCUT2D eigenvalue weighted by atomic mass is 35.5. The molecule has 2 saturated heterocycles. The fourth-order valence-corrected chi connectivity index (χ4v) is 3.40. The Morgan fingerprint density at radius 1 is 1.18 bits per heavy atom. The van der Waals surface area contributed by atoms with Crippen LogP contribution in [0.25, 0.3) is 0 Å². The van der Waals surface area contributed by atoms with Crippen LogP contribution in [-0.2, 0) is 4.79 Å². The Bertz CT molecular complexity index is 285. The number of halogens is 1. The number of hydrogen-bond acceptors (Lipinski definition) is 2. The third-order valence-electron chi connectivity index (χ3n) is 4.87. The molecule has 3 aliphatic rings. The van der Waals surface area contributed by atoms with Crippen LogP contribution in [0.1, 0.15) is 38.5 Å². The minimum Gasteiger partial charge on any atom is -0.342 e. The molecule has 3 fully saturated rings. The lowest BCUT2D eigenvalue weighted by atomic mass is 9.78. The highest BCUT2D eigenvalue weighted by Crippen LogP contribution is 2.40. The van der Waals surface area contributed by atoms with Gasteiger partial charge in [0.15, 0.2) is 0 Å². The molecule has 1 spiro atoms. The maximum Gasteiger partial charge on any atom is 0.225 e. The number of amides is 1. The summed E-state index contributed by atoms with van der Waals surface area (Å²) in [5.41, 5.74) is 0.477. The molecule has 4 heteroatoms. The predicted molar refractivity (Wildman–Crippen MR) is 70.3 cm³/mol. The Kier molecular flexibility index (Phi) is 3.99. The van der Waals surface area contributed by atoms with Crippen LogP contribution in [0.5, 0.6) is 0 Å². The van der Waals surface area contributed by atoms with Crippen LogP contribution in [0.15, 0.2) is 0 Å². The van der Waals surface area contributed by atoms with Crippen LogP contribution >= 0.6 is 12.4 Å². The fraction of sp³-hybridized carbons (Fsp3) is 0.923. The van der Waals surface area contributed by atoms with E-state index in [1.165, 1.54) is 25.7 Å². The van der Waals surface area contributed by atoms with Crippen molar-refractivity contribution in [3.63, 3.8) is 0 Å². The summed E-state index contributed by atoms with van der Waals surface area (Å²) in [5, 5.41) is 3.42. The molecule has 98 valence electrons. The summed E-state index contributed by atoms with van der Waals surface area (Å²) in [6, 6.07) is 0. The Balaban J connectivity index is 0.00000108. The molecule has 0 bridgehead atoms. The van der Waals surface area contributed by atoms with Gasteiger partial charge in [-0.05, 0) is 50.6 Å². The Hall–Kier alpha value is -0.280. The van der Waals surface area contributed by atoms with Crippen LogP contribution < -0.4 is 5.32 Å². The van der Waals surface area contributed by atoms with Gasteiger partial charge < -0.3 is 10.2 Å². The van der Waals surface area contributed by atoms with E-state index in [0.717, 1.165) is 39.0 Å². The molecular formula is C13H23ClN2O. The maximum absolute atomic E-state index is 12.2. The highest BCUT2D eigenvalue weighted by Gasteiger charge is 2.42. The first-order chi connectivity index (χ1) is 7.79. The molecule has 1 N–H and O–H groups in total. The largest absolute Gasteiger partial charge is 0.342 e. The molecule has 0 atom stereocenters. The summed E-state index contributed by atoms with van der Waals surface area (Å²) in [6.07, 6.45) is 7.32. The van der Waals surface area contributed by atoms with Gasteiger partial charge in [-0.1, -0.05) is 6.42 Å². The minimum atomic E-state index is 0.